The summed E-state index contributed by atoms with van der Waals surface area (Å²) >= 11 is 0. The number of aryl methyl sites for hydroxylation is 3. The van der Waals surface area contributed by atoms with E-state index < -0.39 is 34.1 Å². The SMILES string of the molecule is CC[C@H](C(=O)NC(C)(C)C)N(Cc1cccc(C)c1)C(=O)CN(c1cc(C)cc(C)c1)S(=O)(=O)c1ccccc1. The van der Waals surface area contributed by atoms with Gasteiger partial charge >= 0.3 is 0 Å². The third-order valence-corrected chi connectivity index (χ3v) is 8.21. The highest BCUT2D eigenvalue weighted by atomic mass is 32.2. The molecule has 8 heteroatoms. The van der Waals surface area contributed by atoms with Gasteiger partial charge in [0.15, 0.2) is 0 Å². The highest BCUT2D eigenvalue weighted by Crippen LogP contribution is 2.27. The van der Waals surface area contributed by atoms with Crippen molar-refractivity contribution in [2.24, 2.45) is 0 Å². The van der Waals surface area contributed by atoms with Gasteiger partial charge in [0, 0.05) is 12.1 Å². The van der Waals surface area contributed by atoms with Crippen LogP contribution in [0.3, 0.4) is 0 Å². The lowest BCUT2D eigenvalue weighted by molar-refractivity contribution is -0.141. The Balaban J connectivity index is 2.10. The molecule has 0 saturated carbocycles. The maximum atomic E-state index is 14.2. The van der Waals surface area contributed by atoms with Gasteiger partial charge in [-0.05, 0) is 88.9 Å². The molecular weight excluding hydrogens is 522 g/mol. The van der Waals surface area contributed by atoms with Crippen molar-refractivity contribution in [3.63, 3.8) is 0 Å². The molecule has 40 heavy (non-hydrogen) atoms. The van der Waals surface area contributed by atoms with E-state index in [-0.39, 0.29) is 17.3 Å². The van der Waals surface area contributed by atoms with Gasteiger partial charge in [-0.15, -0.1) is 0 Å². The summed E-state index contributed by atoms with van der Waals surface area (Å²) in [5, 5.41) is 2.99. The summed E-state index contributed by atoms with van der Waals surface area (Å²) in [6, 6.07) is 20.5. The van der Waals surface area contributed by atoms with Crippen LogP contribution in [-0.2, 0) is 26.2 Å². The molecule has 1 atom stereocenters. The van der Waals surface area contributed by atoms with Crippen molar-refractivity contribution in [3.05, 3.63) is 95.1 Å². The molecule has 0 fully saturated rings. The third kappa shape index (κ3) is 7.94. The Morgan fingerprint density at radius 1 is 0.850 bits per heavy atom. The van der Waals surface area contributed by atoms with Crippen LogP contribution in [0.5, 0.6) is 0 Å². The zero-order chi connectivity index (χ0) is 29.7. The Bertz CT molecular complexity index is 1430. The maximum absolute atomic E-state index is 14.2. The number of anilines is 1. The highest BCUT2D eigenvalue weighted by Gasteiger charge is 2.34. The lowest BCUT2D eigenvalue weighted by Gasteiger charge is -2.35. The van der Waals surface area contributed by atoms with Crippen LogP contribution in [0, 0.1) is 20.8 Å². The van der Waals surface area contributed by atoms with Gasteiger partial charge in [0.05, 0.1) is 10.6 Å². The molecular formula is C32H41N3O4S. The molecule has 0 aliphatic heterocycles. The molecule has 3 rings (SSSR count). The van der Waals surface area contributed by atoms with Crippen molar-refractivity contribution in [1.29, 1.82) is 0 Å². The summed E-state index contributed by atoms with van der Waals surface area (Å²) in [7, 11) is -4.09. The molecule has 0 aliphatic rings. The van der Waals surface area contributed by atoms with Gasteiger partial charge in [0.2, 0.25) is 11.8 Å². The monoisotopic (exact) mass is 563 g/mol. The fraction of sp³-hybridized carbons (Fsp3) is 0.375. The van der Waals surface area contributed by atoms with Crippen LogP contribution >= 0.6 is 0 Å². The fourth-order valence-electron chi connectivity index (χ4n) is 4.72. The van der Waals surface area contributed by atoms with E-state index in [0.29, 0.717) is 12.1 Å². The molecule has 0 saturated heterocycles. The molecule has 0 aliphatic carbocycles. The Kier molecular flexibility index (Phi) is 9.79. The molecule has 3 aromatic rings. The molecule has 7 nitrogen and oxygen atoms in total. The number of rotatable bonds is 10. The number of carbonyl (C=O) groups excluding carboxylic acids is 2. The van der Waals surface area contributed by atoms with Crippen LogP contribution in [0.4, 0.5) is 5.69 Å². The molecule has 3 aromatic carbocycles. The number of amides is 2. The van der Waals surface area contributed by atoms with Gasteiger partial charge in [-0.25, -0.2) is 8.42 Å². The first kappa shape index (κ1) is 30.9. The number of benzene rings is 3. The van der Waals surface area contributed by atoms with Gasteiger partial charge in [0.1, 0.15) is 12.6 Å². The highest BCUT2D eigenvalue weighted by molar-refractivity contribution is 7.92. The average molecular weight is 564 g/mol. The van der Waals surface area contributed by atoms with Crippen molar-refractivity contribution in [2.75, 3.05) is 10.8 Å². The Hall–Kier alpha value is -3.65. The predicted molar refractivity (Wildman–Crippen MR) is 161 cm³/mol. The van der Waals surface area contributed by atoms with E-state index in [2.05, 4.69) is 5.32 Å². The van der Waals surface area contributed by atoms with E-state index in [1.165, 1.54) is 17.0 Å². The molecule has 0 radical (unpaired) electrons. The van der Waals surface area contributed by atoms with Crippen molar-refractivity contribution >= 4 is 27.5 Å². The molecule has 0 bridgehead atoms. The number of nitrogens with zero attached hydrogens (tertiary/aromatic N) is 2. The molecule has 0 unspecified atom stereocenters. The summed E-state index contributed by atoms with van der Waals surface area (Å²) in [5.74, 6) is -0.740. The van der Waals surface area contributed by atoms with Crippen LogP contribution in [0.15, 0.2) is 77.7 Å². The fourth-order valence-corrected chi connectivity index (χ4v) is 6.14. The van der Waals surface area contributed by atoms with Crippen LogP contribution in [0.2, 0.25) is 0 Å². The van der Waals surface area contributed by atoms with Gasteiger partial charge in [-0.3, -0.25) is 13.9 Å². The summed E-state index contributed by atoms with van der Waals surface area (Å²) < 4.78 is 29.1. The van der Waals surface area contributed by atoms with Crippen molar-refractivity contribution < 1.29 is 18.0 Å². The van der Waals surface area contributed by atoms with Crippen LogP contribution in [0.25, 0.3) is 0 Å². The van der Waals surface area contributed by atoms with E-state index in [9.17, 15) is 18.0 Å². The molecule has 0 spiro atoms. The minimum atomic E-state index is -4.09. The van der Waals surface area contributed by atoms with Crippen LogP contribution < -0.4 is 9.62 Å². The summed E-state index contributed by atoms with van der Waals surface area (Å²) in [6.07, 6.45) is 0.370. The normalized spacial score (nSPS) is 12.5. The second-order valence-corrected chi connectivity index (χ2v) is 13.2. The first-order valence-corrected chi connectivity index (χ1v) is 15.0. The average Bonchev–Trinajstić information content (AvgIpc) is 2.85. The Labute approximate surface area is 239 Å². The minimum Gasteiger partial charge on any atom is -0.350 e. The summed E-state index contributed by atoms with van der Waals surface area (Å²) in [4.78, 5) is 29.2. The topological polar surface area (TPSA) is 86.8 Å². The van der Waals surface area contributed by atoms with E-state index >= 15 is 0 Å². The van der Waals surface area contributed by atoms with E-state index in [0.717, 1.165) is 26.6 Å². The predicted octanol–water partition coefficient (Wildman–Crippen LogP) is 5.53. The Morgan fingerprint density at radius 2 is 1.48 bits per heavy atom. The molecule has 0 heterocycles. The van der Waals surface area contributed by atoms with Crippen molar-refractivity contribution in [1.82, 2.24) is 10.2 Å². The van der Waals surface area contributed by atoms with Gasteiger partial charge in [0.25, 0.3) is 10.0 Å². The number of carbonyl (C=O) groups is 2. The number of hydrogen-bond acceptors (Lipinski definition) is 4. The van der Waals surface area contributed by atoms with Gasteiger partial charge in [-0.2, -0.15) is 0 Å². The van der Waals surface area contributed by atoms with Gasteiger partial charge in [-0.1, -0.05) is 61.0 Å². The smallest absolute Gasteiger partial charge is 0.264 e. The van der Waals surface area contributed by atoms with E-state index in [4.69, 9.17) is 0 Å². The second-order valence-electron chi connectivity index (χ2n) is 11.3. The molecule has 1 N–H and O–H groups in total. The summed E-state index contributed by atoms with van der Waals surface area (Å²) in [5.41, 5.74) is 3.55. The third-order valence-electron chi connectivity index (χ3n) is 6.42. The largest absolute Gasteiger partial charge is 0.350 e. The van der Waals surface area contributed by atoms with Crippen molar-refractivity contribution in [3.8, 4) is 0 Å². The zero-order valence-corrected chi connectivity index (χ0v) is 25.4. The zero-order valence-electron chi connectivity index (χ0n) is 24.6. The lowest BCUT2D eigenvalue weighted by Crippen LogP contribution is -2.55. The minimum absolute atomic E-state index is 0.0877. The van der Waals surface area contributed by atoms with Crippen LogP contribution in [-0.4, -0.2) is 43.3 Å². The maximum Gasteiger partial charge on any atom is 0.264 e. The molecule has 2 amide bonds. The Morgan fingerprint density at radius 3 is 2.02 bits per heavy atom. The van der Waals surface area contributed by atoms with Crippen LogP contribution in [0.1, 0.15) is 56.4 Å². The second kappa shape index (κ2) is 12.7. The number of sulfonamides is 1. The van der Waals surface area contributed by atoms with E-state index in [1.54, 1.807) is 30.3 Å². The molecule has 0 aromatic heterocycles. The standard InChI is InChI=1S/C32H41N3O4S/c1-8-29(31(37)33-32(5,6)7)34(21-26-14-12-13-23(2)18-26)30(36)22-35(27-19-24(3)17-25(4)20-27)40(38,39)28-15-10-9-11-16-28/h9-20,29H,8,21-22H2,1-7H3,(H,33,37)/t29-/m1/s1. The van der Waals surface area contributed by atoms with E-state index in [1.807, 2.05) is 78.8 Å². The molecule has 214 valence electrons. The van der Waals surface area contributed by atoms with Crippen molar-refractivity contribution in [2.45, 2.75) is 77.9 Å². The lowest BCUT2D eigenvalue weighted by atomic mass is 10.0. The quantitative estimate of drug-likeness (QED) is 0.352. The van der Waals surface area contributed by atoms with Gasteiger partial charge < -0.3 is 10.2 Å². The first-order valence-electron chi connectivity index (χ1n) is 13.5. The number of nitrogens with one attached hydrogen (secondary N) is 1. The first-order chi connectivity index (χ1) is 18.7. The number of hydrogen-bond donors (Lipinski definition) is 1. The summed E-state index contributed by atoms with van der Waals surface area (Å²) in [6.45, 7) is 13.0.